The molecule has 0 radical (unpaired) electrons. The highest BCUT2D eigenvalue weighted by atomic mass is 19.1. The molecule has 128 valence electrons. The minimum Gasteiger partial charge on any atom is -0.465 e. The van der Waals surface area contributed by atoms with Gasteiger partial charge in [-0.3, -0.25) is 9.59 Å². The second kappa shape index (κ2) is 8.34. The van der Waals surface area contributed by atoms with Gasteiger partial charge in [-0.15, -0.1) is 0 Å². The number of anilines is 1. The Morgan fingerprint density at radius 3 is 2.36 bits per heavy atom. The molecular formula is C17H14FN3O4. The molecule has 0 spiro atoms. The molecule has 8 heteroatoms. The van der Waals surface area contributed by atoms with Crippen molar-refractivity contribution in [1.29, 1.82) is 0 Å². The van der Waals surface area contributed by atoms with E-state index in [0.29, 0.717) is 11.1 Å². The average molecular weight is 343 g/mol. The van der Waals surface area contributed by atoms with E-state index in [9.17, 15) is 18.8 Å². The third-order valence-corrected chi connectivity index (χ3v) is 3.04. The first-order chi connectivity index (χ1) is 12.0. The molecule has 2 amide bonds. The van der Waals surface area contributed by atoms with Crippen molar-refractivity contribution in [1.82, 2.24) is 5.43 Å². The normalized spacial score (nSPS) is 10.3. The summed E-state index contributed by atoms with van der Waals surface area (Å²) in [5, 5.41) is 5.76. The molecule has 2 aromatic carbocycles. The zero-order chi connectivity index (χ0) is 18.2. The van der Waals surface area contributed by atoms with Gasteiger partial charge in [0, 0.05) is 0 Å². The maximum atomic E-state index is 13.4. The molecule has 0 saturated carbocycles. The number of rotatable bonds is 4. The maximum Gasteiger partial charge on any atom is 0.337 e. The van der Waals surface area contributed by atoms with Crippen molar-refractivity contribution < 1.29 is 23.5 Å². The van der Waals surface area contributed by atoms with Crippen LogP contribution in [-0.4, -0.2) is 31.1 Å². The predicted molar refractivity (Wildman–Crippen MR) is 88.5 cm³/mol. The first-order valence-electron chi connectivity index (χ1n) is 7.08. The Kier molecular flexibility index (Phi) is 5.94. The third kappa shape index (κ3) is 4.96. The number of nitrogens with zero attached hydrogens (tertiary/aromatic N) is 1. The summed E-state index contributed by atoms with van der Waals surface area (Å²) in [7, 11) is 1.28. The van der Waals surface area contributed by atoms with Crippen molar-refractivity contribution in [3.8, 4) is 0 Å². The summed E-state index contributed by atoms with van der Waals surface area (Å²) < 4.78 is 18.0. The summed E-state index contributed by atoms with van der Waals surface area (Å²) in [5.41, 5.74) is 2.87. The van der Waals surface area contributed by atoms with E-state index in [2.05, 4.69) is 15.2 Å². The molecule has 2 N–H and O–H groups in total. The number of hydrogen-bond acceptors (Lipinski definition) is 5. The van der Waals surface area contributed by atoms with Crippen LogP contribution in [0.4, 0.5) is 10.1 Å². The van der Waals surface area contributed by atoms with Gasteiger partial charge in [0.2, 0.25) is 0 Å². The monoisotopic (exact) mass is 343 g/mol. The quantitative estimate of drug-likeness (QED) is 0.382. The summed E-state index contributed by atoms with van der Waals surface area (Å²) in [5.74, 6) is -3.23. The first-order valence-corrected chi connectivity index (χ1v) is 7.08. The minimum absolute atomic E-state index is 0.106. The lowest BCUT2D eigenvalue weighted by Gasteiger charge is -2.04. The van der Waals surface area contributed by atoms with Crippen LogP contribution >= 0.6 is 0 Å². The van der Waals surface area contributed by atoms with Crippen LogP contribution < -0.4 is 10.7 Å². The lowest BCUT2D eigenvalue weighted by molar-refractivity contribution is -0.136. The Labute approximate surface area is 142 Å². The zero-order valence-electron chi connectivity index (χ0n) is 13.2. The van der Waals surface area contributed by atoms with E-state index in [1.165, 1.54) is 43.7 Å². The van der Waals surface area contributed by atoms with Crippen molar-refractivity contribution in [2.45, 2.75) is 0 Å². The number of para-hydroxylation sites is 1. The molecule has 0 aliphatic rings. The fraction of sp³-hybridized carbons (Fsp3) is 0.0588. The van der Waals surface area contributed by atoms with Gasteiger partial charge in [-0.1, -0.05) is 24.3 Å². The molecule has 2 rings (SSSR count). The molecule has 0 atom stereocenters. The number of carbonyl (C=O) groups is 3. The van der Waals surface area contributed by atoms with Crippen molar-refractivity contribution >= 4 is 29.7 Å². The topological polar surface area (TPSA) is 96.9 Å². The zero-order valence-corrected chi connectivity index (χ0v) is 13.2. The molecule has 0 fully saturated rings. The Morgan fingerprint density at radius 2 is 1.72 bits per heavy atom. The highest BCUT2D eigenvalue weighted by Crippen LogP contribution is 2.11. The van der Waals surface area contributed by atoms with Crippen molar-refractivity contribution in [2.75, 3.05) is 12.4 Å². The SMILES string of the molecule is COC(=O)c1ccc(/C=N/NC(=O)C(=O)Nc2ccccc2F)cc1. The molecule has 2 aromatic rings. The average Bonchev–Trinajstić information content (AvgIpc) is 2.63. The summed E-state index contributed by atoms with van der Waals surface area (Å²) in [6.45, 7) is 0. The Morgan fingerprint density at radius 1 is 1.04 bits per heavy atom. The van der Waals surface area contributed by atoms with Gasteiger partial charge in [0.1, 0.15) is 5.82 Å². The van der Waals surface area contributed by atoms with Crippen molar-refractivity contribution in [3.05, 3.63) is 65.5 Å². The third-order valence-electron chi connectivity index (χ3n) is 3.04. The van der Waals surface area contributed by atoms with Crippen LogP contribution in [0.15, 0.2) is 53.6 Å². The number of benzene rings is 2. The number of amides is 2. The maximum absolute atomic E-state index is 13.4. The van der Waals surface area contributed by atoms with E-state index < -0.39 is 23.6 Å². The molecular weight excluding hydrogens is 329 g/mol. The van der Waals surface area contributed by atoms with Crippen LogP contribution in [0.1, 0.15) is 15.9 Å². The smallest absolute Gasteiger partial charge is 0.337 e. The first kappa shape index (κ1) is 17.8. The number of halogens is 1. The summed E-state index contributed by atoms with van der Waals surface area (Å²) in [4.78, 5) is 34.5. The Bertz CT molecular complexity index is 819. The van der Waals surface area contributed by atoms with Gasteiger partial charge in [-0.25, -0.2) is 14.6 Å². The molecule has 0 heterocycles. The van der Waals surface area contributed by atoms with Crippen LogP contribution in [0.25, 0.3) is 0 Å². The van der Waals surface area contributed by atoms with Gasteiger partial charge in [0.05, 0.1) is 24.6 Å². The molecule has 0 saturated heterocycles. The van der Waals surface area contributed by atoms with Gasteiger partial charge in [0.15, 0.2) is 0 Å². The number of nitrogens with one attached hydrogen (secondary N) is 2. The molecule has 0 aromatic heterocycles. The Hall–Kier alpha value is -3.55. The van der Waals surface area contributed by atoms with E-state index in [1.54, 1.807) is 12.1 Å². The molecule has 25 heavy (non-hydrogen) atoms. The van der Waals surface area contributed by atoms with E-state index in [4.69, 9.17) is 0 Å². The minimum atomic E-state index is -1.05. The fourth-order valence-electron chi connectivity index (χ4n) is 1.78. The van der Waals surface area contributed by atoms with Crippen LogP contribution in [0.5, 0.6) is 0 Å². The number of ether oxygens (including phenoxy) is 1. The lowest BCUT2D eigenvalue weighted by Crippen LogP contribution is -2.32. The van der Waals surface area contributed by atoms with E-state index in [-0.39, 0.29) is 5.69 Å². The molecule has 0 aliphatic heterocycles. The molecule has 0 unspecified atom stereocenters. The molecule has 0 aliphatic carbocycles. The second-order valence-electron chi connectivity index (χ2n) is 4.75. The fourth-order valence-corrected chi connectivity index (χ4v) is 1.78. The highest BCUT2D eigenvalue weighted by Gasteiger charge is 2.14. The standard InChI is InChI=1S/C17H14FN3O4/c1-25-17(24)12-8-6-11(7-9-12)10-19-21-16(23)15(22)20-14-5-3-2-4-13(14)18/h2-10H,1H3,(H,20,22)(H,21,23)/b19-10+. The lowest BCUT2D eigenvalue weighted by atomic mass is 10.1. The molecule has 0 bridgehead atoms. The second-order valence-corrected chi connectivity index (χ2v) is 4.75. The van der Waals surface area contributed by atoms with Gasteiger partial charge in [-0.2, -0.15) is 5.10 Å². The largest absolute Gasteiger partial charge is 0.465 e. The number of carbonyl (C=O) groups excluding carboxylic acids is 3. The van der Waals surface area contributed by atoms with Crippen LogP contribution in [0.2, 0.25) is 0 Å². The van der Waals surface area contributed by atoms with Crippen LogP contribution in [0, 0.1) is 5.82 Å². The van der Waals surface area contributed by atoms with Crippen molar-refractivity contribution in [2.24, 2.45) is 5.10 Å². The number of hydrazone groups is 1. The van der Waals surface area contributed by atoms with Crippen LogP contribution in [0.3, 0.4) is 0 Å². The summed E-state index contributed by atoms with van der Waals surface area (Å²) in [6, 6.07) is 11.7. The summed E-state index contributed by atoms with van der Waals surface area (Å²) in [6.07, 6.45) is 1.29. The van der Waals surface area contributed by atoms with E-state index >= 15 is 0 Å². The Balaban J connectivity index is 1.90. The number of methoxy groups -OCH3 is 1. The van der Waals surface area contributed by atoms with Crippen LogP contribution in [-0.2, 0) is 14.3 Å². The van der Waals surface area contributed by atoms with E-state index in [1.807, 2.05) is 5.43 Å². The number of esters is 1. The van der Waals surface area contributed by atoms with Crippen molar-refractivity contribution in [3.63, 3.8) is 0 Å². The van der Waals surface area contributed by atoms with Gasteiger partial charge in [0.25, 0.3) is 0 Å². The molecule has 7 nitrogen and oxygen atoms in total. The van der Waals surface area contributed by atoms with Gasteiger partial charge < -0.3 is 10.1 Å². The van der Waals surface area contributed by atoms with Gasteiger partial charge >= 0.3 is 17.8 Å². The highest BCUT2D eigenvalue weighted by molar-refractivity contribution is 6.39. The van der Waals surface area contributed by atoms with E-state index in [0.717, 1.165) is 6.07 Å². The predicted octanol–water partition coefficient (Wildman–Crippen LogP) is 1.70. The number of hydrogen-bond donors (Lipinski definition) is 2. The van der Waals surface area contributed by atoms with Gasteiger partial charge in [-0.05, 0) is 29.8 Å². The summed E-state index contributed by atoms with van der Waals surface area (Å²) >= 11 is 0.